The van der Waals surface area contributed by atoms with E-state index in [1.807, 2.05) is 6.07 Å². The van der Waals surface area contributed by atoms with Gasteiger partial charge in [-0.3, -0.25) is 4.79 Å². The first-order valence-electron chi connectivity index (χ1n) is 7.29. The molecule has 1 aromatic carbocycles. The zero-order chi connectivity index (χ0) is 13.0. The number of amides is 1. The standard InChI is InChI=1S/C16H19NO2/c18-12-3-1-2-9(6-12)7-13(19)17-16-14-10-4-5-11(8-10)15(14)16/h1-3,6,10-11,14-16,18H,4-5,7-8H2,(H,17,19). The Morgan fingerprint density at radius 1 is 1.26 bits per heavy atom. The van der Waals surface area contributed by atoms with Crippen molar-refractivity contribution in [1.29, 1.82) is 0 Å². The van der Waals surface area contributed by atoms with Gasteiger partial charge in [0.05, 0.1) is 6.42 Å². The van der Waals surface area contributed by atoms with Crippen LogP contribution in [0.1, 0.15) is 24.8 Å². The SMILES string of the molecule is O=C(Cc1cccc(O)c1)NC1C2C3CCC(C3)C12. The molecule has 3 fully saturated rings. The largest absolute Gasteiger partial charge is 0.508 e. The van der Waals surface area contributed by atoms with E-state index in [9.17, 15) is 9.90 Å². The summed E-state index contributed by atoms with van der Waals surface area (Å²) < 4.78 is 0. The topological polar surface area (TPSA) is 49.3 Å². The second-order valence-electron chi connectivity index (χ2n) is 6.43. The summed E-state index contributed by atoms with van der Waals surface area (Å²) in [4.78, 5) is 12.0. The average molecular weight is 257 g/mol. The van der Waals surface area contributed by atoms with Crippen molar-refractivity contribution >= 4 is 5.91 Å². The van der Waals surface area contributed by atoms with Crippen molar-refractivity contribution in [2.75, 3.05) is 0 Å². The van der Waals surface area contributed by atoms with Crippen LogP contribution in [-0.4, -0.2) is 17.1 Å². The van der Waals surface area contributed by atoms with Gasteiger partial charge < -0.3 is 10.4 Å². The van der Waals surface area contributed by atoms with Crippen molar-refractivity contribution in [2.24, 2.45) is 23.7 Å². The van der Waals surface area contributed by atoms with E-state index in [1.165, 1.54) is 19.3 Å². The number of phenolic OH excluding ortho intramolecular Hbond substituents is 1. The van der Waals surface area contributed by atoms with E-state index in [0.29, 0.717) is 12.5 Å². The molecule has 100 valence electrons. The summed E-state index contributed by atoms with van der Waals surface area (Å²) in [6.45, 7) is 0. The van der Waals surface area contributed by atoms with Crippen LogP contribution in [0.4, 0.5) is 0 Å². The molecule has 3 aliphatic rings. The van der Waals surface area contributed by atoms with Crippen LogP contribution in [-0.2, 0) is 11.2 Å². The van der Waals surface area contributed by atoms with Crippen molar-refractivity contribution in [3.05, 3.63) is 29.8 Å². The maximum atomic E-state index is 12.0. The van der Waals surface area contributed by atoms with Gasteiger partial charge in [-0.1, -0.05) is 12.1 Å². The maximum absolute atomic E-state index is 12.0. The minimum absolute atomic E-state index is 0.101. The number of carbonyl (C=O) groups excluding carboxylic acids is 1. The molecule has 0 aliphatic heterocycles. The van der Waals surface area contributed by atoms with E-state index < -0.39 is 0 Å². The van der Waals surface area contributed by atoms with Gasteiger partial charge in [0.1, 0.15) is 5.75 Å². The smallest absolute Gasteiger partial charge is 0.224 e. The van der Waals surface area contributed by atoms with Gasteiger partial charge in [-0.15, -0.1) is 0 Å². The Balaban J connectivity index is 1.36. The summed E-state index contributed by atoms with van der Waals surface area (Å²) in [5, 5.41) is 12.6. The molecule has 2 bridgehead atoms. The minimum Gasteiger partial charge on any atom is -0.508 e. The minimum atomic E-state index is 0.101. The van der Waals surface area contributed by atoms with Gasteiger partial charge >= 0.3 is 0 Å². The number of nitrogens with one attached hydrogen (secondary N) is 1. The van der Waals surface area contributed by atoms with E-state index in [4.69, 9.17) is 0 Å². The Kier molecular flexibility index (Phi) is 2.38. The molecule has 0 spiro atoms. The highest BCUT2D eigenvalue weighted by Gasteiger charge is 2.65. The second-order valence-corrected chi connectivity index (χ2v) is 6.43. The first-order valence-corrected chi connectivity index (χ1v) is 7.29. The quantitative estimate of drug-likeness (QED) is 0.871. The number of hydrogen-bond acceptors (Lipinski definition) is 2. The van der Waals surface area contributed by atoms with Gasteiger partial charge in [-0.25, -0.2) is 0 Å². The summed E-state index contributed by atoms with van der Waals surface area (Å²) in [7, 11) is 0. The third-order valence-electron chi connectivity index (χ3n) is 5.34. The second kappa shape index (κ2) is 3.99. The molecule has 4 rings (SSSR count). The molecule has 3 aliphatic carbocycles. The third-order valence-corrected chi connectivity index (χ3v) is 5.34. The lowest BCUT2D eigenvalue weighted by molar-refractivity contribution is -0.120. The van der Waals surface area contributed by atoms with Crippen LogP contribution in [0.3, 0.4) is 0 Å². The monoisotopic (exact) mass is 257 g/mol. The lowest BCUT2D eigenvalue weighted by atomic mass is 10.0. The fraction of sp³-hybridized carbons (Fsp3) is 0.562. The number of hydrogen-bond donors (Lipinski definition) is 2. The number of benzene rings is 1. The highest BCUT2D eigenvalue weighted by molar-refractivity contribution is 5.79. The molecule has 3 heteroatoms. The Labute approximate surface area is 113 Å². The van der Waals surface area contributed by atoms with Crippen molar-refractivity contribution in [1.82, 2.24) is 5.32 Å². The van der Waals surface area contributed by atoms with Crippen LogP contribution >= 0.6 is 0 Å². The molecule has 0 saturated heterocycles. The van der Waals surface area contributed by atoms with E-state index in [0.717, 1.165) is 29.2 Å². The Hall–Kier alpha value is -1.51. The fourth-order valence-corrected chi connectivity index (χ4v) is 4.61. The molecule has 1 amide bonds. The molecule has 2 N–H and O–H groups in total. The van der Waals surface area contributed by atoms with E-state index in [2.05, 4.69) is 5.32 Å². The Bertz CT molecular complexity index is 511. The average Bonchev–Trinajstić information content (AvgIpc) is 2.78. The molecule has 0 aromatic heterocycles. The van der Waals surface area contributed by atoms with E-state index in [-0.39, 0.29) is 11.7 Å². The highest BCUT2D eigenvalue weighted by atomic mass is 16.3. The molecule has 1 aromatic rings. The molecule has 4 atom stereocenters. The van der Waals surface area contributed by atoms with E-state index in [1.54, 1.807) is 18.2 Å². The Morgan fingerprint density at radius 2 is 2.00 bits per heavy atom. The van der Waals surface area contributed by atoms with Gasteiger partial charge in [-0.2, -0.15) is 0 Å². The predicted octanol–water partition coefficient (Wildman–Crippen LogP) is 2.10. The van der Waals surface area contributed by atoms with Crippen molar-refractivity contribution < 1.29 is 9.90 Å². The molecule has 4 unspecified atom stereocenters. The van der Waals surface area contributed by atoms with Crippen molar-refractivity contribution in [3.63, 3.8) is 0 Å². The molecule has 3 nitrogen and oxygen atoms in total. The zero-order valence-corrected chi connectivity index (χ0v) is 10.9. The zero-order valence-electron chi connectivity index (χ0n) is 10.9. The number of fused-ring (bicyclic) bond motifs is 5. The first-order chi connectivity index (χ1) is 9.22. The predicted molar refractivity (Wildman–Crippen MR) is 71.6 cm³/mol. The van der Waals surface area contributed by atoms with Crippen molar-refractivity contribution in [3.8, 4) is 5.75 Å². The summed E-state index contributed by atoms with van der Waals surface area (Å²) in [5.41, 5.74) is 0.881. The lowest BCUT2D eigenvalue weighted by Crippen LogP contribution is -2.31. The Morgan fingerprint density at radius 3 is 2.68 bits per heavy atom. The number of carbonyl (C=O) groups is 1. The summed E-state index contributed by atoms with van der Waals surface area (Å²) in [6, 6.07) is 7.42. The fourth-order valence-electron chi connectivity index (χ4n) is 4.61. The maximum Gasteiger partial charge on any atom is 0.224 e. The highest BCUT2D eigenvalue weighted by Crippen LogP contribution is 2.65. The van der Waals surface area contributed by atoms with Crippen LogP contribution in [0.25, 0.3) is 0 Å². The molecule has 19 heavy (non-hydrogen) atoms. The number of rotatable bonds is 3. The molecular formula is C16H19NO2. The summed E-state index contributed by atoms with van der Waals surface area (Å²) >= 11 is 0. The number of phenols is 1. The van der Waals surface area contributed by atoms with Crippen LogP contribution < -0.4 is 5.32 Å². The number of aromatic hydroxyl groups is 1. The van der Waals surface area contributed by atoms with Crippen LogP contribution in [0.15, 0.2) is 24.3 Å². The first kappa shape index (κ1) is 11.3. The third kappa shape index (κ3) is 1.83. The van der Waals surface area contributed by atoms with Crippen LogP contribution in [0.2, 0.25) is 0 Å². The molecule has 3 saturated carbocycles. The van der Waals surface area contributed by atoms with Crippen LogP contribution in [0.5, 0.6) is 5.75 Å². The van der Waals surface area contributed by atoms with Gasteiger partial charge in [-0.05, 0) is 60.6 Å². The normalized spacial score (nSPS) is 38.0. The van der Waals surface area contributed by atoms with Gasteiger partial charge in [0.15, 0.2) is 0 Å². The van der Waals surface area contributed by atoms with Gasteiger partial charge in [0, 0.05) is 6.04 Å². The van der Waals surface area contributed by atoms with Gasteiger partial charge in [0.2, 0.25) is 5.91 Å². The lowest BCUT2D eigenvalue weighted by Gasteiger charge is -2.10. The summed E-state index contributed by atoms with van der Waals surface area (Å²) in [5.74, 6) is 3.68. The molecule has 0 radical (unpaired) electrons. The summed E-state index contributed by atoms with van der Waals surface area (Å²) in [6.07, 6.45) is 4.55. The molecular weight excluding hydrogens is 238 g/mol. The van der Waals surface area contributed by atoms with Crippen molar-refractivity contribution in [2.45, 2.75) is 31.7 Å². The van der Waals surface area contributed by atoms with E-state index >= 15 is 0 Å². The molecule has 0 heterocycles. The van der Waals surface area contributed by atoms with Crippen LogP contribution in [0, 0.1) is 23.7 Å². The van der Waals surface area contributed by atoms with Gasteiger partial charge in [0.25, 0.3) is 0 Å².